The third-order valence-corrected chi connectivity index (χ3v) is 4.92. The van der Waals surface area contributed by atoms with Gasteiger partial charge in [-0.3, -0.25) is 4.79 Å². The van der Waals surface area contributed by atoms with E-state index in [9.17, 15) is 22.0 Å². The number of hydrogen-bond acceptors (Lipinski definition) is 3. The highest BCUT2D eigenvalue weighted by Gasteiger charge is 2.34. The minimum atomic E-state index is -4.36. The van der Waals surface area contributed by atoms with Gasteiger partial charge >= 0.3 is 0 Å². The number of carbonyl (C=O) groups excluding carboxylic acids is 1. The van der Waals surface area contributed by atoms with E-state index in [1.165, 1.54) is 4.90 Å². The molecule has 0 N–H and O–H groups in total. The summed E-state index contributed by atoms with van der Waals surface area (Å²) < 4.78 is 49.6. The lowest BCUT2D eigenvalue weighted by Crippen LogP contribution is -2.34. The lowest BCUT2D eigenvalue weighted by molar-refractivity contribution is 0.0739. The van der Waals surface area contributed by atoms with Crippen molar-refractivity contribution in [2.45, 2.75) is 31.2 Å². The molecule has 21 heavy (non-hydrogen) atoms. The van der Waals surface area contributed by atoms with Crippen LogP contribution in [0.1, 0.15) is 30.6 Å². The molecule has 0 bridgehead atoms. The molecular formula is C13H14ClF2NO3S. The highest BCUT2D eigenvalue weighted by Crippen LogP contribution is 2.29. The number of rotatable bonds is 2. The predicted octanol–water partition coefficient (Wildman–Crippen LogP) is 2.76. The van der Waals surface area contributed by atoms with E-state index < -0.39 is 37.1 Å². The third kappa shape index (κ3) is 3.18. The summed E-state index contributed by atoms with van der Waals surface area (Å²) in [5, 5.41) is 0. The fourth-order valence-electron chi connectivity index (χ4n) is 2.64. The highest BCUT2D eigenvalue weighted by molar-refractivity contribution is 8.13. The molecule has 116 valence electrons. The van der Waals surface area contributed by atoms with Crippen molar-refractivity contribution in [3.8, 4) is 0 Å². The van der Waals surface area contributed by atoms with E-state index in [4.69, 9.17) is 10.7 Å². The monoisotopic (exact) mass is 337 g/mol. The van der Waals surface area contributed by atoms with Crippen LogP contribution in [0, 0.1) is 17.6 Å². The van der Waals surface area contributed by atoms with Crippen molar-refractivity contribution in [2.75, 3.05) is 6.54 Å². The molecule has 1 aliphatic rings. The van der Waals surface area contributed by atoms with Crippen LogP contribution in [-0.2, 0) is 9.05 Å². The van der Waals surface area contributed by atoms with E-state index in [-0.39, 0.29) is 12.0 Å². The summed E-state index contributed by atoms with van der Waals surface area (Å²) >= 11 is 0. The Labute approximate surface area is 126 Å². The summed E-state index contributed by atoms with van der Waals surface area (Å²) in [4.78, 5) is 13.2. The molecule has 2 rings (SSSR count). The molecule has 0 saturated carbocycles. The van der Waals surface area contributed by atoms with Crippen LogP contribution in [0.4, 0.5) is 8.78 Å². The van der Waals surface area contributed by atoms with Gasteiger partial charge in [-0.15, -0.1) is 0 Å². The number of nitrogens with zero attached hydrogens (tertiary/aromatic N) is 1. The Hall–Kier alpha value is -1.21. The number of halogens is 3. The van der Waals surface area contributed by atoms with Gasteiger partial charge in [0.2, 0.25) is 0 Å². The Balaban J connectivity index is 2.53. The van der Waals surface area contributed by atoms with Crippen molar-refractivity contribution in [3.05, 3.63) is 29.3 Å². The zero-order chi connectivity index (χ0) is 15.9. The van der Waals surface area contributed by atoms with Crippen LogP contribution in [0.15, 0.2) is 17.0 Å². The van der Waals surface area contributed by atoms with Crippen LogP contribution in [0.5, 0.6) is 0 Å². The SMILES string of the molecule is CC1CC(C)N(C(=O)c2cc(F)c(F)cc2S(=O)(=O)Cl)C1. The van der Waals surface area contributed by atoms with Crippen LogP contribution in [-0.4, -0.2) is 31.8 Å². The van der Waals surface area contributed by atoms with Gasteiger partial charge < -0.3 is 4.90 Å². The van der Waals surface area contributed by atoms with E-state index in [0.717, 1.165) is 6.42 Å². The standard InChI is InChI=1S/C13H14ClF2NO3S/c1-7-3-8(2)17(6-7)13(18)9-4-10(15)11(16)5-12(9)21(14,19)20/h4-5,7-8H,3,6H2,1-2H3. The van der Waals surface area contributed by atoms with Crippen molar-refractivity contribution < 1.29 is 22.0 Å². The largest absolute Gasteiger partial charge is 0.336 e. The summed E-state index contributed by atoms with van der Waals surface area (Å²) in [6.45, 7) is 4.20. The second kappa shape index (κ2) is 5.53. The summed E-state index contributed by atoms with van der Waals surface area (Å²) in [5.41, 5.74) is -0.440. The van der Waals surface area contributed by atoms with Crippen LogP contribution in [0.3, 0.4) is 0 Å². The van der Waals surface area contributed by atoms with Gasteiger partial charge in [0.15, 0.2) is 11.6 Å². The summed E-state index contributed by atoms with van der Waals surface area (Å²) in [6.07, 6.45) is 0.762. The smallest absolute Gasteiger partial charge is 0.262 e. The first kappa shape index (κ1) is 16.2. The molecule has 8 heteroatoms. The van der Waals surface area contributed by atoms with Crippen molar-refractivity contribution in [2.24, 2.45) is 5.92 Å². The minimum Gasteiger partial charge on any atom is -0.336 e. The molecule has 2 unspecified atom stereocenters. The Morgan fingerprint density at radius 2 is 1.86 bits per heavy atom. The maximum Gasteiger partial charge on any atom is 0.262 e. The highest BCUT2D eigenvalue weighted by atomic mass is 35.7. The van der Waals surface area contributed by atoms with E-state index in [1.54, 1.807) is 0 Å². The first-order valence-corrected chi connectivity index (χ1v) is 8.67. The molecule has 0 spiro atoms. The first-order chi connectivity index (χ1) is 9.61. The number of benzene rings is 1. The van der Waals surface area contributed by atoms with E-state index in [1.807, 2.05) is 13.8 Å². The molecule has 1 aromatic carbocycles. The molecule has 2 atom stereocenters. The summed E-state index contributed by atoms with van der Waals surface area (Å²) in [6, 6.07) is 0.920. The molecule has 0 aromatic heterocycles. The molecule has 1 aromatic rings. The number of hydrogen-bond donors (Lipinski definition) is 0. The van der Waals surface area contributed by atoms with Gasteiger partial charge in [-0.1, -0.05) is 6.92 Å². The van der Waals surface area contributed by atoms with Gasteiger partial charge in [0.05, 0.1) is 10.5 Å². The lowest BCUT2D eigenvalue weighted by atomic mass is 10.1. The Morgan fingerprint density at radius 3 is 2.33 bits per heavy atom. The molecule has 1 amide bonds. The average molecular weight is 338 g/mol. The van der Waals surface area contributed by atoms with Crippen LogP contribution < -0.4 is 0 Å². The fraction of sp³-hybridized carbons (Fsp3) is 0.462. The van der Waals surface area contributed by atoms with Gasteiger partial charge in [-0.05, 0) is 31.4 Å². The van der Waals surface area contributed by atoms with Crippen molar-refractivity contribution in [3.63, 3.8) is 0 Å². The first-order valence-electron chi connectivity index (χ1n) is 6.36. The third-order valence-electron chi connectivity index (χ3n) is 3.56. The second-order valence-corrected chi connectivity index (χ2v) is 7.88. The van der Waals surface area contributed by atoms with Crippen LogP contribution in [0.25, 0.3) is 0 Å². The molecule has 1 saturated heterocycles. The van der Waals surface area contributed by atoms with Gasteiger partial charge in [-0.2, -0.15) is 0 Å². The Bertz CT molecular complexity index is 693. The molecule has 1 fully saturated rings. The number of likely N-dealkylation sites (tertiary alicyclic amines) is 1. The van der Waals surface area contributed by atoms with E-state index in [0.29, 0.717) is 18.7 Å². The molecular weight excluding hydrogens is 324 g/mol. The predicted molar refractivity (Wildman–Crippen MR) is 73.7 cm³/mol. The van der Waals surface area contributed by atoms with Gasteiger partial charge in [-0.25, -0.2) is 17.2 Å². The van der Waals surface area contributed by atoms with Crippen LogP contribution in [0.2, 0.25) is 0 Å². The quantitative estimate of drug-likeness (QED) is 0.780. The zero-order valence-corrected chi connectivity index (χ0v) is 13.0. The zero-order valence-electron chi connectivity index (χ0n) is 11.4. The fourth-order valence-corrected chi connectivity index (χ4v) is 3.67. The van der Waals surface area contributed by atoms with Gasteiger partial charge in [0, 0.05) is 23.3 Å². The number of amides is 1. The molecule has 0 radical (unpaired) electrons. The maximum absolute atomic E-state index is 13.4. The maximum atomic E-state index is 13.4. The molecule has 4 nitrogen and oxygen atoms in total. The molecule has 0 aliphatic carbocycles. The summed E-state index contributed by atoms with van der Waals surface area (Å²) in [7, 11) is 0.856. The summed E-state index contributed by atoms with van der Waals surface area (Å²) in [5.74, 6) is -3.06. The number of carbonyl (C=O) groups is 1. The molecule has 1 heterocycles. The minimum absolute atomic E-state index is 0.105. The van der Waals surface area contributed by atoms with E-state index >= 15 is 0 Å². The molecule has 1 aliphatic heterocycles. The Morgan fingerprint density at radius 1 is 1.29 bits per heavy atom. The van der Waals surface area contributed by atoms with Gasteiger partial charge in [0.1, 0.15) is 0 Å². The van der Waals surface area contributed by atoms with Gasteiger partial charge in [0.25, 0.3) is 15.0 Å². The average Bonchev–Trinajstić information content (AvgIpc) is 2.69. The second-order valence-electron chi connectivity index (χ2n) is 5.35. The van der Waals surface area contributed by atoms with E-state index in [2.05, 4.69) is 0 Å². The van der Waals surface area contributed by atoms with Crippen LogP contribution >= 0.6 is 10.7 Å². The van der Waals surface area contributed by atoms with Crippen molar-refractivity contribution in [1.29, 1.82) is 0 Å². The van der Waals surface area contributed by atoms with Crippen molar-refractivity contribution in [1.82, 2.24) is 4.90 Å². The Kier molecular flexibility index (Phi) is 4.26. The topological polar surface area (TPSA) is 54.5 Å². The normalized spacial score (nSPS) is 22.6. The van der Waals surface area contributed by atoms with Crippen molar-refractivity contribution >= 4 is 25.6 Å². The lowest BCUT2D eigenvalue weighted by Gasteiger charge is -2.22.